The van der Waals surface area contributed by atoms with Crippen LogP contribution in [0.5, 0.6) is 5.75 Å². The average Bonchev–Trinajstić information content (AvgIpc) is 2.25. The Labute approximate surface area is 95.7 Å². The molecule has 4 nitrogen and oxygen atoms in total. The molecule has 3 N–H and O–H groups in total. The van der Waals surface area contributed by atoms with Crippen LogP contribution in [0.4, 0.5) is 0 Å². The van der Waals surface area contributed by atoms with Crippen LogP contribution in [-0.4, -0.2) is 36.6 Å². The monoisotopic (exact) mass is 222 g/mol. The summed E-state index contributed by atoms with van der Waals surface area (Å²) < 4.78 is 0. The molecule has 0 bridgehead atoms. The lowest BCUT2D eigenvalue weighted by Crippen LogP contribution is -2.35. The first kappa shape index (κ1) is 12.5. The number of phenols is 1. The van der Waals surface area contributed by atoms with E-state index in [1.54, 1.807) is 37.2 Å². The van der Waals surface area contributed by atoms with Gasteiger partial charge in [0.2, 0.25) is 5.91 Å². The molecule has 0 heterocycles. The van der Waals surface area contributed by atoms with Crippen molar-refractivity contribution in [2.45, 2.75) is 6.42 Å². The van der Waals surface area contributed by atoms with E-state index in [0.29, 0.717) is 13.0 Å². The standard InChI is InChI=1S/C12H18N2O2/c1-14(2)12(16)10(8-13)6-9-4-3-5-11(15)7-9/h3-5,7,10,15H,6,8,13H2,1-2H3. The van der Waals surface area contributed by atoms with Crippen LogP contribution in [0.25, 0.3) is 0 Å². The smallest absolute Gasteiger partial charge is 0.226 e. The molecule has 1 aromatic rings. The number of nitrogens with two attached hydrogens (primary N) is 1. The molecule has 4 heteroatoms. The molecule has 0 saturated heterocycles. The fraction of sp³-hybridized carbons (Fsp3) is 0.417. The third-order valence-electron chi connectivity index (χ3n) is 2.47. The Kier molecular flexibility index (Phi) is 4.31. The first-order valence-electron chi connectivity index (χ1n) is 5.23. The normalized spacial score (nSPS) is 12.2. The summed E-state index contributed by atoms with van der Waals surface area (Å²) in [4.78, 5) is 13.3. The van der Waals surface area contributed by atoms with Crippen LogP contribution in [0, 0.1) is 5.92 Å². The second-order valence-corrected chi connectivity index (χ2v) is 4.04. The van der Waals surface area contributed by atoms with Crippen molar-refractivity contribution in [3.05, 3.63) is 29.8 Å². The number of aromatic hydroxyl groups is 1. The first-order chi connectivity index (χ1) is 7.54. The molecule has 0 fully saturated rings. The van der Waals surface area contributed by atoms with E-state index < -0.39 is 0 Å². The first-order valence-corrected chi connectivity index (χ1v) is 5.23. The summed E-state index contributed by atoms with van der Waals surface area (Å²) in [6.07, 6.45) is 0.557. The Morgan fingerprint density at radius 2 is 2.19 bits per heavy atom. The van der Waals surface area contributed by atoms with Crippen molar-refractivity contribution < 1.29 is 9.90 Å². The Balaban J connectivity index is 2.74. The van der Waals surface area contributed by atoms with Crippen LogP contribution in [0.3, 0.4) is 0 Å². The van der Waals surface area contributed by atoms with Gasteiger partial charge < -0.3 is 15.7 Å². The highest BCUT2D eigenvalue weighted by molar-refractivity contribution is 5.78. The molecule has 1 amide bonds. The van der Waals surface area contributed by atoms with Crippen molar-refractivity contribution in [3.8, 4) is 5.75 Å². The molecule has 88 valence electrons. The molecule has 0 aromatic heterocycles. The summed E-state index contributed by atoms with van der Waals surface area (Å²) in [6.45, 7) is 0.312. The van der Waals surface area contributed by atoms with Gasteiger partial charge in [-0.3, -0.25) is 4.79 Å². The van der Waals surface area contributed by atoms with Crippen LogP contribution < -0.4 is 5.73 Å². The van der Waals surface area contributed by atoms with E-state index in [0.717, 1.165) is 5.56 Å². The largest absolute Gasteiger partial charge is 0.508 e. The van der Waals surface area contributed by atoms with Crippen molar-refractivity contribution >= 4 is 5.91 Å². The molecule has 0 radical (unpaired) electrons. The SMILES string of the molecule is CN(C)C(=O)C(CN)Cc1cccc(O)c1. The second kappa shape index (κ2) is 5.51. The van der Waals surface area contributed by atoms with Crippen molar-refractivity contribution in [1.82, 2.24) is 4.90 Å². The zero-order chi connectivity index (χ0) is 12.1. The molecule has 0 aliphatic carbocycles. The summed E-state index contributed by atoms with van der Waals surface area (Å²) in [5.74, 6) is 0.00761. The zero-order valence-electron chi connectivity index (χ0n) is 9.68. The van der Waals surface area contributed by atoms with E-state index >= 15 is 0 Å². The molecule has 1 atom stereocenters. The number of carbonyl (C=O) groups excluding carboxylic acids is 1. The van der Waals surface area contributed by atoms with Gasteiger partial charge in [0.15, 0.2) is 0 Å². The number of benzene rings is 1. The molecule has 0 aliphatic heterocycles. The molecule has 1 unspecified atom stereocenters. The van der Waals surface area contributed by atoms with E-state index in [9.17, 15) is 9.90 Å². The number of hydrogen-bond donors (Lipinski definition) is 2. The number of phenolic OH excluding ortho intramolecular Hbond substituents is 1. The number of nitrogens with zero attached hydrogens (tertiary/aromatic N) is 1. The molecule has 1 aromatic carbocycles. The van der Waals surface area contributed by atoms with E-state index in [-0.39, 0.29) is 17.6 Å². The minimum Gasteiger partial charge on any atom is -0.508 e. The number of carbonyl (C=O) groups is 1. The van der Waals surface area contributed by atoms with E-state index in [1.165, 1.54) is 0 Å². The van der Waals surface area contributed by atoms with Crippen molar-refractivity contribution in [2.75, 3.05) is 20.6 Å². The molecular formula is C12H18N2O2. The summed E-state index contributed by atoms with van der Waals surface area (Å²) in [7, 11) is 3.43. The Morgan fingerprint density at radius 3 is 2.69 bits per heavy atom. The zero-order valence-corrected chi connectivity index (χ0v) is 9.68. The van der Waals surface area contributed by atoms with Gasteiger partial charge >= 0.3 is 0 Å². The third kappa shape index (κ3) is 3.24. The number of hydrogen-bond acceptors (Lipinski definition) is 3. The highest BCUT2D eigenvalue weighted by atomic mass is 16.3. The van der Waals surface area contributed by atoms with Crippen molar-refractivity contribution in [2.24, 2.45) is 11.7 Å². The van der Waals surface area contributed by atoms with Gasteiger partial charge in [0, 0.05) is 20.6 Å². The molecule has 16 heavy (non-hydrogen) atoms. The van der Waals surface area contributed by atoms with Gasteiger partial charge in [-0.15, -0.1) is 0 Å². The fourth-order valence-electron chi connectivity index (χ4n) is 1.60. The molecule has 0 aliphatic rings. The minimum absolute atomic E-state index is 0.0193. The molecule has 0 spiro atoms. The fourth-order valence-corrected chi connectivity index (χ4v) is 1.60. The highest BCUT2D eigenvalue weighted by Crippen LogP contribution is 2.15. The Bertz CT molecular complexity index is 364. The minimum atomic E-state index is -0.225. The van der Waals surface area contributed by atoms with Gasteiger partial charge in [-0.05, 0) is 24.1 Å². The van der Waals surface area contributed by atoms with Crippen LogP contribution >= 0.6 is 0 Å². The van der Waals surface area contributed by atoms with E-state index in [4.69, 9.17) is 5.73 Å². The van der Waals surface area contributed by atoms with Crippen LogP contribution in [-0.2, 0) is 11.2 Å². The van der Waals surface area contributed by atoms with E-state index in [2.05, 4.69) is 0 Å². The Morgan fingerprint density at radius 1 is 1.50 bits per heavy atom. The average molecular weight is 222 g/mol. The maximum Gasteiger partial charge on any atom is 0.226 e. The van der Waals surface area contributed by atoms with Crippen molar-refractivity contribution in [1.29, 1.82) is 0 Å². The Hall–Kier alpha value is -1.55. The predicted molar refractivity (Wildman–Crippen MR) is 63.0 cm³/mol. The summed E-state index contributed by atoms with van der Waals surface area (Å²) in [6, 6.07) is 6.91. The quantitative estimate of drug-likeness (QED) is 0.784. The lowest BCUT2D eigenvalue weighted by Gasteiger charge is -2.19. The lowest BCUT2D eigenvalue weighted by molar-refractivity contribution is -0.132. The topological polar surface area (TPSA) is 66.6 Å². The summed E-state index contributed by atoms with van der Waals surface area (Å²) >= 11 is 0. The van der Waals surface area contributed by atoms with Crippen LogP contribution in [0.1, 0.15) is 5.56 Å². The number of amides is 1. The van der Waals surface area contributed by atoms with E-state index in [1.807, 2.05) is 6.07 Å². The predicted octanol–water partition coefficient (Wildman–Crippen LogP) is 0.598. The summed E-state index contributed by atoms with van der Waals surface area (Å²) in [5.41, 5.74) is 6.51. The van der Waals surface area contributed by atoms with Gasteiger partial charge in [-0.1, -0.05) is 12.1 Å². The van der Waals surface area contributed by atoms with Gasteiger partial charge in [0.1, 0.15) is 5.75 Å². The highest BCUT2D eigenvalue weighted by Gasteiger charge is 2.18. The van der Waals surface area contributed by atoms with Gasteiger partial charge in [-0.25, -0.2) is 0 Å². The lowest BCUT2D eigenvalue weighted by atomic mass is 9.98. The molecular weight excluding hydrogens is 204 g/mol. The van der Waals surface area contributed by atoms with Gasteiger partial charge in [0.25, 0.3) is 0 Å². The second-order valence-electron chi connectivity index (χ2n) is 4.04. The van der Waals surface area contributed by atoms with Gasteiger partial charge in [0.05, 0.1) is 5.92 Å². The summed E-state index contributed by atoms with van der Waals surface area (Å²) in [5, 5.41) is 9.32. The maximum atomic E-state index is 11.7. The molecule has 0 saturated carbocycles. The van der Waals surface area contributed by atoms with Crippen LogP contribution in [0.15, 0.2) is 24.3 Å². The third-order valence-corrected chi connectivity index (χ3v) is 2.47. The van der Waals surface area contributed by atoms with Crippen molar-refractivity contribution in [3.63, 3.8) is 0 Å². The molecule has 1 rings (SSSR count). The van der Waals surface area contributed by atoms with Gasteiger partial charge in [-0.2, -0.15) is 0 Å². The maximum absolute atomic E-state index is 11.7. The number of rotatable bonds is 4. The van der Waals surface area contributed by atoms with Crippen LogP contribution in [0.2, 0.25) is 0 Å².